The summed E-state index contributed by atoms with van der Waals surface area (Å²) in [4.78, 5) is 19.9. The van der Waals surface area contributed by atoms with Crippen LogP contribution in [0.2, 0.25) is 0 Å². The van der Waals surface area contributed by atoms with Crippen molar-refractivity contribution in [3.05, 3.63) is 90.9 Å². The molecule has 3 N–H and O–H groups in total. The van der Waals surface area contributed by atoms with Crippen molar-refractivity contribution >= 4 is 27.5 Å². The number of hydrogen-bond donors (Lipinski definition) is 3. The third kappa shape index (κ3) is 5.71. The SMILES string of the molecule is C=C(Nc1cncc(-c2cc3c(-c4cc5c(-c6cc(F)cc(CCCN7CCCC7)c6)nccc5[nH]4)n[nH]c3cn2)c1)C1CC1. The lowest BCUT2D eigenvalue weighted by atomic mass is 10.0. The van der Waals surface area contributed by atoms with Crippen LogP contribution in [0, 0.1) is 11.7 Å². The molecule has 0 unspecified atom stereocenters. The van der Waals surface area contributed by atoms with E-state index in [2.05, 4.69) is 60.1 Å². The van der Waals surface area contributed by atoms with E-state index in [-0.39, 0.29) is 5.82 Å². The highest BCUT2D eigenvalue weighted by molar-refractivity contribution is 6.00. The molecule has 0 bridgehead atoms. The van der Waals surface area contributed by atoms with E-state index in [0.717, 1.165) is 92.0 Å². The summed E-state index contributed by atoms with van der Waals surface area (Å²) in [5.41, 5.74) is 9.56. The van der Waals surface area contributed by atoms with Gasteiger partial charge in [0.25, 0.3) is 0 Å². The summed E-state index contributed by atoms with van der Waals surface area (Å²) >= 11 is 0. The highest BCUT2D eigenvalue weighted by Crippen LogP contribution is 2.37. The molecule has 9 heteroatoms. The average Bonchev–Trinajstić information content (AvgIpc) is 3.40. The maximum absolute atomic E-state index is 14.9. The quantitative estimate of drug-likeness (QED) is 0.149. The molecule has 45 heavy (non-hydrogen) atoms. The number of H-pyrrole nitrogens is 2. The lowest BCUT2D eigenvalue weighted by Gasteiger charge is -2.14. The standard InChI is InChI=1S/C36H35FN8/c1-22(24-6-7-24)41-28-16-26(19-38-20-28)32-17-30-34(21-40-32)43-44-36(30)33-18-29-31(42-33)8-9-39-35(29)25-13-23(14-27(37)15-25)5-4-12-45-10-2-3-11-45/h8-9,13-21,24,41-42H,1-7,10-12H2,(H,43,44). The molecule has 2 aliphatic rings. The number of pyridine rings is 3. The smallest absolute Gasteiger partial charge is 0.124 e. The maximum Gasteiger partial charge on any atom is 0.124 e. The number of allylic oxidation sites excluding steroid dienone is 1. The number of anilines is 1. The van der Waals surface area contributed by atoms with Crippen molar-refractivity contribution in [1.82, 2.24) is 35.0 Å². The van der Waals surface area contributed by atoms with Gasteiger partial charge in [0, 0.05) is 45.5 Å². The number of nitrogens with one attached hydrogen (secondary N) is 3. The molecule has 8 rings (SSSR count). The highest BCUT2D eigenvalue weighted by atomic mass is 19.1. The first-order valence-corrected chi connectivity index (χ1v) is 15.8. The third-order valence-corrected chi connectivity index (χ3v) is 9.03. The summed E-state index contributed by atoms with van der Waals surface area (Å²) < 4.78 is 14.9. The number of rotatable bonds is 10. The summed E-state index contributed by atoms with van der Waals surface area (Å²) in [5, 5.41) is 13.0. The molecule has 6 heterocycles. The van der Waals surface area contributed by atoms with E-state index in [9.17, 15) is 4.39 Å². The van der Waals surface area contributed by atoms with E-state index in [1.165, 1.54) is 38.8 Å². The molecule has 2 fully saturated rings. The van der Waals surface area contributed by atoms with Crippen molar-refractivity contribution in [3.63, 3.8) is 0 Å². The second-order valence-corrected chi connectivity index (χ2v) is 12.4. The minimum atomic E-state index is -0.234. The van der Waals surface area contributed by atoms with Gasteiger partial charge in [-0.1, -0.05) is 6.58 Å². The number of aryl methyl sites for hydroxylation is 1. The van der Waals surface area contributed by atoms with Gasteiger partial charge in [-0.25, -0.2) is 4.39 Å². The minimum absolute atomic E-state index is 0.234. The number of nitrogens with zero attached hydrogens (tertiary/aromatic N) is 5. The minimum Gasteiger partial charge on any atom is -0.358 e. The predicted molar refractivity (Wildman–Crippen MR) is 177 cm³/mol. The molecule has 1 saturated carbocycles. The zero-order valence-corrected chi connectivity index (χ0v) is 25.1. The van der Waals surface area contributed by atoms with Crippen molar-refractivity contribution < 1.29 is 4.39 Å². The second-order valence-electron chi connectivity index (χ2n) is 12.4. The summed E-state index contributed by atoms with van der Waals surface area (Å²) in [6.07, 6.45) is 14.0. The van der Waals surface area contributed by atoms with Gasteiger partial charge in [-0.15, -0.1) is 0 Å². The van der Waals surface area contributed by atoms with E-state index < -0.39 is 0 Å². The van der Waals surface area contributed by atoms with Crippen LogP contribution in [0.1, 0.15) is 37.7 Å². The van der Waals surface area contributed by atoms with Gasteiger partial charge >= 0.3 is 0 Å². The molecule has 1 aromatic carbocycles. The molecule has 8 nitrogen and oxygen atoms in total. The van der Waals surface area contributed by atoms with Crippen LogP contribution in [0.4, 0.5) is 10.1 Å². The van der Waals surface area contributed by atoms with Crippen molar-refractivity contribution in [2.75, 3.05) is 25.0 Å². The van der Waals surface area contributed by atoms with E-state index in [4.69, 9.17) is 4.98 Å². The molecule has 6 aromatic rings. The van der Waals surface area contributed by atoms with Crippen molar-refractivity contribution in [2.45, 2.75) is 38.5 Å². The predicted octanol–water partition coefficient (Wildman–Crippen LogP) is 7.73. The second kappa shape index (κ2) is 11.6. The zero-order valence-electron chi connectivity index (χ0n) is 25.1. The molecular formula is C36H35FN8. The molecule has 0 radical (unpaired) electrons. The molecule has 0 spiro atoms. The Hall–Kier alpha value is -4.89. The highest BCUT2D eigenvalue weighted by Gasteiger charge is 2.24. The summed E-state index contributed by atoms with van der Waals surface area (Å²) in [5.74, 6) is 0.318. The van der Waals surface area contributed by atoms with Crippen molar-refractivity contribution in [1.29, 1.82) is 0 Å². The Bertz CT molecular complexity index is 2030. The lowest BCUT2D eigenvalue weighted by Crippen LogP contribution is -2.20. The molecule has 226 valence electrons. The van der Waals surface area contributed by atoms with E-state index in [1.807, 2.05) is 24.5 Å². The maximum atomic E-state index is 14.9. The average molecular weight is 599 g/mol. The summed E-state index contributed by atoms with van der Waals surface area (Å²) in [7, 11) is 0. The van der Waals surface area contributed by atoms with Crippen LogP contribution in [0.15, 0.2) is 79.5 Å². The van der Waals surface area contributed by atoms with E-state index in [1.54, 1.807) is 24.5 Å². The molecule has 5 aromatic heterocycles. The Balaban J connectivity index is 1.10. The van der Waals surface area contributed by atoms with Crippen LogP contribution < -0.4 is 5.32 Å². The first-order valence-electron chi connectivity index (χ1n) is 15.8. The van der Waals surface area contributed by atoms with Crippen LogP contribution in [0.3, 0.4) is 0 Å². The molecule has 1 aliphatic heterocycles. The van der Waals surface area contributed by atoms with Gasteiger partial charge < -0.3 is 15.2 Å². The Morgan fingerprint density at radius 3 is 2.67 bits per heavy atom. The molecule has 1 saturated heterocycles. The third-order valence-electron chi connectivity index (χ3n) is 9.03. The topological polar surface area (TPSA) is 98.4 Å². The van der Waals surface area contributed by atoms with Crippen LogP contribution in [0.5, 0.6) is 0 Å². The number of fused-ring (bicyclic) bond motifs is 2. The number of aromatic nitrogens is 6. The molecule has 0 amide bonds. The Morgan fingerprint density at radius 2 is 1.80 bits per heavy atom. The fourth-order valence-electron chi connectivity index (χ4n) is 6.50. The van der Waals surface area contributed by atoms with Gasteiger partial charge in [0.05, 0.1) is 40.7 Å². The van der Waals surface area contributed by atoms with E-state index in [0.29, 0.717) is 5.92 Å². The number of halogens is 1. The first kappa shape index (κ1) is 27.6. The largest absolute Gasteiger partial charge is 0.358 e. The Morgan fingerprint density at radius 1 is 0.933 bits per heavy atom. The van der Waals surface area contributed by atoms with Gasteiger partial charge in [-0.2, -0.15) is 5.10 Å². The van der Waals surface area contributed by atoms with Crippen LogP contribution in [-0.2, 0) is 6.42 Å². The fraction of sp³-hybridized carbons (Fsp3) is 0.278. The summed E-state index contributed by atoms with van der Waals surface area (Å²) in [6, 6.07) is 13.4. The zero-order chi connectivity index (χ0) is 30.3. The lowest BCUT2D eigenvalue weighted by molar-refractivity contribution is 0.334. The number of hydrogen-bond acceptors (Lipinski definition) is 6. The normalized spacial score (nSPS) is 15.3. The number of benzene rings is 1. The Labute approximate surface area is 260 Å². The van der Waals surface area contributed by atoms with Crippen molar-refractivity contribution in [3.8, 4) is 33.9 Å². The number of likely N-dealkylation sites (tertiary alicyclic amines) is 1. The summed E-state index contributed by atoms with van der Waals surface area (Å²) in [6.45, 7) is 7.59. The van der Waals surface area contributed by atoms with Gasteiger partial charge in [-0.05, 0) is 112 Å². The van der Waals surface area contributed by atoms with Gasteiger partial charge in [-0.3, -0.25) is 20.1 Å². The molecular weight excluding hydrogens is 563 g/mol. The Kier molecular flexibility index (Phi) is 7.10. The number of aromatic amines is 2. The monoisotopic (exact) mass is 598 g/mol. The van der Waals surface area contributed by atoms with Crippen molar-refractivity contribution in [2.24, 2.45) is 5.92 Å². The van der Waals surface area contributed by atoms with Crippen LogP contribution in [-0.4, -0.2) is 54.7 Å². The van der Waals surface area contributed by atoms with Gasteiger partial charge in [0.1, 0.15) is 11.5 Å². The fourth-order valence-corrected chi connectivity index (χ4v) is 6.50. The molecule has 1 aliphatic carbocycles. The van der Waals surface area contributed by atoms with Crippen LogP contribution >= 0.6 is 0 Å². The van der Waals surface area contributed by atoms with E-state index >= 15 is 0 Å². The van der Waals surface area contributed by atoms with Crippen LogP contribution in [0.25, 0.3) is 55.7 Å². The van der Waals surface area contributed by atoms with Gasteiger partial charge in [0.15, 0.2) is 0 Å². The first-order chi connectivity index (χ1) is 22.1. The molecule has 0 atom stereocenters. The van der Waals surface area contributed by atoms with Gasteiger partial charge in [0.2, 0.25) is 0 Å².